The van der Waals surface area contributed by atoms with Crippen LogP contribution in [-0.4, -0.2) is 35.5 Å². The molecule has 4 nitrogen and oxygen atoms in total. The molecule has 0 bridgehead atoms. The molecular weight excluding hydrogens is 198 g/mol. The van der Waals surface area contributed by atoms with Crippen LogP contribution in [0.5, 0.6) is 0 Å². The van der Waals surface area contributed by atoms with Crippen molar-refractivity contribution in [1.82, 2.24) is 5.32 Å². The summed E-state index contributed by atoms with van der Waals surface area (Å²) in [6.45, 7) is 0.650. The molecule has 5 heteroatoms. The third kappa shape index (κ3) is 4.19. The van der Waals surface area contributed by atoms with Gasteiger partial charge in [0.25, 0.3) is 0 Å². The van der Waals surface area contributed by atoms with Crippen molar-refractivity contribution in [3.63, 3.8) is 0 Å². The number of aliphatic hydroxyl groups is 1. The van der Waals surface area contributed by atoms with Crippen LogP contribution < -0.4 is 11.1 Å². The summed E-state index contributed by atoms with van der Waals surface area (Å²) in [5.74, 6) is 1.21. The molecule has 0 unspecified atom stereocenters. The molecule has 0 amide bonds. The second kappa shape index (κ2) is 6.14. The first kappa shape index (κ1) is 11.7. The number of rotatable bonds is 3. The maximum Gasteiger partial charge on any atom is 0.188 e. The lowest BCUT2D eigenvalue weighted by atomic mass is 9.93. The van der Waals surface area contributed by atoms with E-state index in [1.807, 2.05) is 0 Å². The van der Waals surface area contributed by atoms with Crippen LogP contribution in [0.25, 0.3) is 0 Å². The Morgan fingerprint density at radius 3 is 2.64 bits per heavy atom. The molecule has 0 saturated heterocycles. The van der Waals surface area contributed by atoms with E-state index >= 15 is 0 Å². The van der Waals surface area contributed by atoms with Crippen LogP contribution in [0.3, 0.4) is 0 Å². The molecule has 0 aliphatic heterocycles. The molecule has 1 rings (SSSR count). The van der Waals surface area contributed by atoms with Crippen LogP contribution in [0.4, 0.5) is 0 Å². The summed E-state index contributed by atoms with van der Waals surface area (Å²) < 4.78 is 0. The Labute approximate surface area is 90.4 Å². The normalized spacial score (nSPS) is 28.9. The fourth-order valence-corrected chi connectivity index (χ4v) is 1.75. The van der Waals surface area contributed by atoms with Crippen molar-refractivity contribution in [1.29, 1.82) is 0 Å². The van der Waals surface area contributed by atoms with Crippen molar-refractivity contribution in [2.75, 3.05) is 12.3 Å². The number of aliphatic hydroxyl groups excluding tert-OH is 1. The molecule has 1 saturated carbocycles. The highest BCUT2D eigenvalue weighted by Gasteiger charge is 2.19. The standard InChI is InChI=1S/C9H19N3OS/c10-9(11-5-6-14)12-7-1-3-8(13)4-2-7/h7-8,13-14H,1-6H2,(H3,10,11,12). The fraction of sp³-hybridized carbons (Fsp3) is 0.889. The van der Waals surface area contributed by atoms with Crippen LogP contribution in [0.1, 0.15) is 25.7 Å². The first-order valence-corrected chi connectivity index (χ1v) is 5.71. The summed E-state index contributed by atoms with van der Waals surface area (Å²) >= 11 is 4.05. The van der Waals surface area contributed by atoms with Crippen molar-refractivity contribution in [3.8, 4) is 0 Å². The van der Waals surface area contributed by atoms with E-state index < -0.39 is 0 Å². The molecule has 0 heterocycles. The van der Waals surface area contributed by atoms with Gasteiger partial charge in [-0.25, -0.2) is 0 Å². The van der Waals surface area contributed by atoms with E-state index in [-0.39, 0.29) is 6.10 Å². The largest absolute Gasteiger partial charge is 0.393 e. The second-order valence-corrected chi connectivity index (χ2v) is 4.09. The minimum absolute atomic E-state index is 0.122. The van der Waals surface area contributed by atoms with Crippen LogP contribution in [0.2, 0.25) is 0 Å². The number of hydrogen-bond donors (Lipinski definition) is 4. The summed E-state index contributed by atoms with van der Waals surface area (Å²) in [4.78, 5) is 4.10. The summed E-state index contributed by atoms with van der Waals surface area (Å²) in [7, 11) is 0. The van der Waals surface area contributed by atoms with E-state index in [0.717, 1.165) is 25.7 Å². The zero-order valence-electron chi connectivity index (χ0n) is 8.32. The Hall–Kier alpha value is -0.420. The molecule has 0 radical (unpaired) electrons. The molecule has 0 aromatic carbocycles. The lowest BCUT2D eigenvalue weighted by Crippen LogP contribution is -2.42. The summed E-state index contributed by atoms with van der Waals surface area (Å²) in [5.41, 5.74) is 5.67. The third-order valence-electron chi connectivity index (χ3n) is 2.43. The monoisotopic (exact) mass is 217 g/mol. The van der Waals surface area contributed by atoms with Crippen LogP contribution >= 0.6 is 12.6 Å². The number of hydrogen-bond acceptors (Lipinski definition) is 3. The van der Waals surface area contributed by atoms with E-state index in [4.69, 9.17) is 5.73 Å². The summed E-state index contributed by atoms with van der Waals surface area (Å²) in [6, 6.07) is 0.377. The molecule has 14 heavy (non-hydrogen) atoms. The van der Waals surface area contributed by atoms with Crippen LogP contribution in [-0.2, 0) is 0 Å². The van der Waals surface area contributed by atoms with Gasteiger partial charge in [0.05, 0.1) is 12.6 Å². The Balaban J connectivity index is 2.23. The maximum absolute atomic E-state index is 9.30. The highest BCUT2D eigenvalue weighted by Crippen LogP contribution is 2.17. The number of aliphatic imine (C=N–C) groups is 1. The summed E-state index contributed by atoms with van der Waals surface area (Å²) in [6.07, 6.45) is 3.54. The molecule has 82 valence electrons. The van der Waals surface area contributed by atoms with E-state index in [1.165, 1.54) is 0 Å². The predicted octanol–water partition coefficient (Wildman–Crippen LogP) is 0.124. The van der Waals surface area contributed by atoms with Crippen molar-refractivity contribution in [2.45, 2.75) is 37.8 Å². The molecule has 4 N–H and O–H groups in total. The smallest absolute Gasteiger partial charge is 0.188 e. The fourth-order valence-electron chi connectivity index (χ4n) is 1.65. The van der Waals surface area contributed by atoms with Crippen molar-refractivity contribution in [2.24, 2.45) is 10.7 Å². The molecule has 1 fully saturated rings. The lowest BCUT2D eigenvalue weighted by Gasteiger charge is -2.26. The van der Waals surface area contributed by atoms with Crippen molar-refractivity contribution in [3.05, 3.63) is 0 Å². The van der Waals surface area contributed by atoms with Gasteiger partial charge in [0.15, 0.2) is 5.96 Å². The van der Waals surface area contributed by atoms with Crippen molar-refractivity contribution < 1.29 is 5.11 Å². The topological polar surface area (TPSA) is 70.6 Å². The maximum atomic E-state index is 9.30. The molecule has 0 aromatic rings. The first-order chi connectivity index (χ1) is 6.72. The van der Waals surface area contributed by atoms with Gasteiger partial charge in [-0.15, -0.1) is 0 Å². The predicted molar refractivity (Wildman–Crippen MR) is 61.7 cm³/mol. The molecule has 1 aliphatic rings. The average Bonchev–Trinajstić information content (AvgIpc) is 2.18. The van der Waals surface area contributed by atoms with Gasteiger partial charge in [0.2, 0.25) is 0 Å². The quantitative estimate of drug-likeness (QED) is 0.308. The SMILES string of the molecule is NC(=NCCS)NC1CCC(O)CC1. The van der Waals surface area contributed by atoms with Gasteiger partial charge in [-0.1, -0.05) is 0 Å². The minimum atomic E-state index is -0.122. The molecule has 0 atom stereocenters. The van der Waals surface area contributed by atoms with Gasteiger partial charge in [-0.3, -0.25) is 4.99 Å². The Bertz CT molecular complexity index is 190. The molecular formula is C9H19N3OS. The molecule has 1 aliphatic carbocycles. The Morgan fingerprint density at radius 1 is 1.43 bits per heavy atom. The zero-order chi connectivity index (χ0) is 10.4. The van der Waals surface area contributed by atoms with E-state index in [0.29, 0.717) is 24.3 Å². The lowest BCUT2D eigenvalue weighted by molar-refractivity contribution is 0.120. The minimum Gasteiger partial charge on any atom is -0.393 e. The first-order valence-electron chi connectivity index (χ1n) is 5.07. The van der Waals surface area contributed by atoms with Gasteiger partial charge >= 0.3 is 0 Å². The van der Waals surface area contributed by atoms with Crippen molar-refractivity contribution >= 4 is 18.6 Å². The van der Waals surface area contributed by atoms with Crippen LogP contribution in [0.15, 0.2) is 4.99 Å². The number of thiol groups is 1. The number of guanidine groups is 1. The van der Waals surface area contributed by atoms with Gasteiger partial charge in [-0.2, -0.15) is 12.6 Å². The second-order valence-electron chi connectivity index (χ2n) is 3.64. The average molecular weight is 217 g/mol. The highest BCUT2D eigenvalue weighted by atomic mass is 32.1. The number of nitrogens with one attached hydrogen (secondary N) is 1. The van der Waals surface area contributed by atoms with Gasteiger partial charge < -0.3 is 16.2 Å². The zero-order valence-corrected chi connectivity index (χ0v) is 9.21. The van der Waals surface area contributed by atoms with E-state index in [1.54, 1.807) is 0 Å². The molecule has 0 aromatic heterocycles. The van der Waals surface area contributed by atoms with E-state index in [2.05, 4.69) is 22.9 Å². The Kier molecular flexibility index (Phi) is 5.11. The number of nitrogens with two attached hydrogens (primary N) is 1. The van der Waals surface area contributed by atoms with Gasteiger partial charge in [0.1, 0.15) is 0 Å². The Morgan fingerprint density at radius 2 is 2.07 bits per heavy atom. The van der Waals surface area contributed by atoms with E-state index in [9.17, 15) is 5.11 Å². The third-order valence-corrected chi connectivity index (χ3v) is 2.63. The number of nitrogens with zero attached hydrogens (tertiary/aromatic N) is 1. The highest BCUT2D eigenvalue weighted by molar-refractivity contribution is 7.80. The molecule has 0 spiro atoms. The van der Waals surface area contributed by atoms with Crippen LogP contribution in [0, 0.1) is 0 Å². The summed E-state index contributed by atoms with van der Waals surface area (Å²) in [5, 5.41) is 12.5. The van der Waals surface area contributed by atoms with Gasteiger partial charge in [0, 0.05) is 11.8 Å². The van der Waals surface area contributed by atoms with Gasteiger partial charge in [-0.05, 0) is 25.7 Å².